The van der Waals surface area contributed by atoms with Gasteiger partial charge in [-0.15, -0.1) is 0 Å². The summed E-state index contributed by atoms with van der Waals surface area (Å²) >= 11 is 0. The van der Waals surface area contributed by atoms with Gasteiger partial charge in [0.15, 0.2) is 0 Å². The lowest BCUT2D eigenvalue weighted by Gasteiger charge is -2.11. The Labute approximate surface area is 119 Å². The molecule has 0 unspecified atom stereocenters. The Balaban J connectivity index is 2.81. The van der Waals surface area contributed by atoms with E-state index in [0.717, 1.165) is 0 Å². The number of rotatable bonds is 5. The zero-order valence-corrected chi connectivity index (χ0v) is 11.4. The molecule has 0 saturated heterocycles. The Bertz CT molecular complexity index is 530. The summed E-state index contributed by atoms with van der Waals surface area (Å²) in [6.45, 7) is 0.473. The van der Waals surface area contributed by atoms with Gasteiger partial charge in [0.2, 0.25) is 5.91 Å². The number of aryl methyl sites for hydroxylation is 1. The molecule has 0 radical (unpaired) electrons. The number of carbonyl (C=O) groups is 2. The number of nitrogens with one attached hydrogen (secondary N) is 2. The molecule has 1 aromatic rings. The molecule has 0 aromatic heterocycles. The third-order valence-corrected chi connectivity index (χ3v) is 2.59. The van der Waals surface area contributed by atoms with Gasteiger partial charge in [-0.2, -0.15) is 13.2 Å². The number of nitrogens with two attached hydrogens (primary N) is 1. The highest BCUT2D eigenvalue weighted by Gasteiger charge is 2.27. The van der Waals surface area contributed by atoms with E-state index < -0.39 is 18.6 Å². The second-order valence-electron chi connectivity index (χ2n) is 4.41. The summed E-state index contributed by atoms with van der Waals surface area (Å²) in [7, 11) is 0. The smallest absolute Gasteiger partial charge is 0.343 e. The van der Waals surface area contributed by atoms with Crippen LogP contribution in [-0.2, 0) is 4.79 Å². The van der Waals surface area contributed by atoms with Crippen LogP contribution in [0.4, 0.5) is 18.9 Å². The van der Waals surface area contributed by atoms with Gasteiger partial charge < -0.3 is 16.4 Å². The largest absolute Gasteiger partial charge is 0.405 e. The van der Waals surface area contributed by atoms with Gasteiger partial charge in [0.1, 0.15) is 6.54 Å². The van der Waals surface area contributed by atoms with E-state index in [9.17, 15) is 22.8 Å². The first kappa shape index (κ1) is 17.0. The summed E-state index contributed by atoms with van der Waals surface area (Å²) in [6.07, 6.45) is -4.36. The van der Waals surface area contributed by atoms with Crippen LogP contribution in [0.15, 0.2) is 18.2 Å². The molecule has 0 aliphatic carbocycles. The molecule has 0 bridgehead atoms. The van der Waals surface area contributed by atoms with Crippen molar-refractivity contribution in [2.24, 2.45) is 5.73 Å². The Kier molecular flexibility index (Phi) is 5.71. The van der Waals surface area contributed by atoms with Crippen molar-refractivity contribution in [3.63, 3.8) is 0 Å². The van der Waals surface area contributed by atoms with E-state index in [1.807, 2.05) is 0 Å². The monoisotopic (exact) mass is 303 g/mol. The first-order chi connectivity index (χ1) is 9.73. The summed E-state index contributed by atoms with van der Waals surface area (Å²) in [6, 6.07) is 4.26. The topological polar surface area (TPSA) is 84.2 Å². The standard InChI is InChI=1S/C13H16F3N3O2/c1-8-2-3-9(12(21)18-7-13(14,15)16)6-10(8)19-11(20)4-5-17/h2-3,6H,4-5,7,17H2,1H3,(H,18,21)(H,19,20). The van der Waals surface area contributed by atoms with Gasteiger partial charge in [0.05, 0.1) is 0 Å². The van der Waals surface area contributed by atoms with Crippen LogP contribution in [-0.4, -0.2) is 31.1 Å². The second-order valence-corrected chi connectivity index (χ2v) is 4.41. The number of alkyl halides is 3. The molecule has 0 aliphatic rings. The summed E-state index contributed by atoms with van der Waals surface area (Å²) in [4.78, 5) is 23.1. The predicted octanol–water partition coefficient (Wildman–Crippen LogP) is 1.57. The molecule has 21 heavy (non-hydrogen) atoms. The highest BCUT2D eigenvalue weighted by atomic mass is 19.4. The lowest BCUT2D eigenvalue weighted by molar-refractivity contribution is -0.123. The van der Waals surface area contributed by atoms with Gasteiger partial charge in [0.25, 0.3) is 5.91 Å². The van der Waals surface area contributed by atoms with Crippen molar-refractivity contribution < 1.29 is 22.8 Å². The number of halogens is 3. The van der Waals surface area contributed by atoms with Gasteiger partial charge in [0, 0.05) is 24.2 Å². The highest BCUT2D eigenvalue weighted by molar-refractivity contribution is 5.97. The van der Waals surface area contributed by atoms with Crippen molar-refractivity contribution in [3.05, 3.63) is 29.3 Å². The van der Waals surface area contributed by atoms with Crippen LogP contribution in [0, 0.1) is 6.92 Å². The molecule has 0 spiro atoms. The molecule has 1 rings (SSSR count). The molecular formula is C13H16F3N3O2. The minimum atomic E-state index is -4.47. The zero-order chi connectivity index (χ0) is 16.0. The van der Waals surface area contributed by atoms with E-state index in [4.69, 9.17) is 5.73 Å². The van der Waals surface area contributed by atoms with Crippen LogP contribution in [0.5, 0.6) is 0 Å². The average molecular weight is 303 g/mol. The molecule has 2 amide bonds. The lowest BCUT2D eigenvalue weighted by atomic mass is 10.1. The number of carbonyl (C=O) groups excluding carboxylic acids is 2. The van der Waals surface area contributed by atoms with Gasteiger partial charge in [-0.1, -0.05) is 6.07 Å². The van der Waals surface area contributed by atoms with E-state index in [0.29, 0.717) is 11.3 Å². The fraction of sp³-hybridized carbons (Fsp3) is 0.385. The molecule has 0 saturated carbocycles. The van der Waals surface area contributed by atoms with Crippen LogP contribution in [0.25, 0.3) is 0 Å². The first-order valence-electron chi connectivity index (χ1n) is 6.18. The van der Waals surface area contributed by atoms with Crippen LogP contribution in [0.1, 0.15) is 22.3 Å². The van der Waals surface area contributed by atoms with Gasteiger partial charge in [-0.25, -0.2) is 0 Å². The van der Waals surface area contributed by atoms with Crippen molar-refractivity contribution in [3.8, 4) is 0 Å². The normalized spacial score (nSPS) is 11.1. The number of amides is 2. The summed E-state index contributed by atoms with van der Waals surface area (Å²) in [5.41, 5.74) is 6.34. The molecule has 0 fully saturated rings. The third-order valence-electron chi connectivity index (χ3n) is 2.59. The minimum Gasteiger partial charge on any atom is -0.343 e. The molecule has 1 aromatic carbocycles. The lowest BCUT2D eigenvalue weighted by Crippen LogP contribution is -2.33. The highest BCUT2D eigenvalue weighted by Crippen LogP contribution is 2.18. The van der Waals surface area contributed by atoms with Crippen molar-refractivity contribution in [2.45, 2.75) is 19.5 Å². The van der Waals surface area contributed by atoms with Crippen LogP contribution < -0.4 is 16.4 Å². The Hall–Kier alpha value is -2.09. The molecule has 0 aliphatic heterocycles. The van der Waals surface area contributed by atoms with E-state index in [1.165, 1.54) is 12.1 Å². The van der Waals surface area contributed by atoms with Crippen LogP contribution in [0.3, 0.4) is 0 Å². The van der Waals surface area contributed by atoms with Crippen molar-refractivity contribution >= 4 is 17.5 Å². The Morgan fingerprint density at radius 2 is 1.95 bits per heavy atom. The molecule has 4 N–H and O–H groups in total. The minimum absolute atomic E-state index is 0.0351. The van der Waals surface area contributed by atoms with Crippen LogP contribution >= 0.6 is 0 Å². The van der Waals surface area contributed by atoms with Gasteiger partial charge in [-0.05, 0) is 24.6 Å². The quantitative estimate of drug-likeness (QED) is 0.772. The van der Waals surface area contributed by atoms with E-state index in [1.54, 1.807) is 18.3 Å². The van der Waals surface area contributed by atoms with Crippen molar-refractivity contribution in [1.82, 2.24) is 5.32 Å². The Morgan fingerprint density at radius 3 is 2.52 bits per heavy atom. The molecular weight excluding hydrogens is 287 g/mol. The number of benzene rings is 1. The fourth-order valence-electron chi connectivity index (χ4n) is 1.52. The van der Waals surface area contributed by atoms with Crippen molar-refractivity contribution in [2.75, 3.05) is 18.4 Å². The SMILES string of the molecule is Cc1ccc(C(=O)NCC(F)(F)F)cc1NC(=O)CCN. The number of hydrogen-bond donors (Lipinski definition) is 3. The van der Waals surface area contributed by atoms with Crippen LogP contribution in [0.2, 0.25) is 0 Å². The van der Waals surface area contributed by atoms with E-state index in [-0.39, 0.29) is 24.4 Å². The second kappa shape index (κ2) is 7.07. The summed E-state index contributed by atoms with van der Waals surface area (Å²) < 4.78 is 36.1. The average Bonchev–Trinajstić information content (AvgIpc) is 2.38. The van der Waals surface area contributed by atoms with E-state index >= 15 is 0 Å². The molecule has 0 heterocycles. The summed E-state index contributed by atoms with van der Waals surface area (Å²) in [5, 5.41) is 4.32. The maximum Gasteiger partial charge on any atom is 0.405 e. The first-order valence-corrected chi connectivity index (χ1v) is 6.18. The van der Waals surface area contributed by atoms with E-state index in [2.05, 4.69) is 5.32 Å². The number of anilines is 1. The molecule has 8 heteroatoms. The number of hydrogen-bond acceptors (Lipinski definition) is 3. The Morgan fingerprint density at radius 1 is 1.29 bits per heavy atom. The third kappa shape index (κ3) is 5.82. The molecule has 5 nitrogen and oxygen atoms in total. The maximum absolute atomic E-state index is 12.0. The van der Waals surface area contributed by atoms with Gasteiger partial charge >= 0.3 is 6.18 Å². The van der Waals surface area contributed by atoms with Crippen molar-refractivity contribution in [1.29, 1.82) is 0 Å². The molecule has 116 valence electrons. The van der Waals surface area contributed by atoms with Gasteiger partial charge in [-0.3, -0.25) is 9.59 Å². The maximum atomic E-state index is 12.0. The zero-order valence-electron chi connectivity index (χ0n) is 11.4. The predicted molar refractivity (Wildman–Crippen MR) is 71.9 cm³/mol. The molecule has 0 atom stereocenters. The fourth-order valence-corrected chi connectivity index (χ4v) is 1.52. The summed E-state index contributed by atoms with van der Waals surface area (Å²) in [5.74, 6) is -1.19.